The number of hydrogen-bond acceptors (Lipinski definition) is 2. The maximum atomic E-state index is 14.2. The highest BCUT2D eigenvalue weighted by molar-refractivity contribution is 6.30. The van der Waals surface area contributed by atoms with Gasteiger partial charge < -0.3 is 10.1 Å². The Morgan fingerprint density at radius 1 is 1.24 bits per heavy atom. The van der Waals surface area contributed by atoms with Crippen molar-refractivity contribution in [1.29, 1.82) is 0 Å². The minimum atomic E-state index is -0.281. The molecule has 2 nitrogen and oxygen atoms in total. The van der Waals surface area contributed by atoms with Crippen LogP contribution in [-0.2, 0) is 6.42 Å². The van der Waals surface area contributed by atoms with E-state index in [4.69, 9.17) is 16.3 Å². The first kappa shape index (κ1) is 14.4. The Kier molecular flexibility index (Phi) is 4.13. The lowest BCUT2D eigenvalue weighted by atomic mass is 9.93. The first-order valence-electron chi connectivity index (χ1n) is 7.07. The summed E-state index contributed by atoms with van der Waals surface area (Å²) < 4.78 is 20.0. The predicted octanol–water partition coefficient (Wildman–Crippen LogP) is 4.11. The van der Waals surface area contributed by atoms with Gasteiger partial charge in [0.2, 0.25) is 0 Å². The number of para-hydroxylation sites is 1. The molecule has 1 heterocycles. The van der Waals surface area contributed by atoms with E-state index >= 15 is 0 Å². The monoisotopic (exact) mass is 305 g/mol. The van der Waals surface area contributed by atoms with Gasteiger partial charge in [-0.15, -0.1) is 0 Å². The van der Waals surface area contributed by atoms with E-state index in [0.29, 0.717) is 17.2 Å². The van der Waals surface area contributed by atoms with Gasteiger partial charge in [0.25, 0.3) is 0 Å². The highest BCUT2D eigenvalue weighted by atomic mass is 35.5. The molecule has 3 rings (SSSR count). The topological polar surface area (TPSA) is 21.3 Å². The Labute approximate surface area is 128 Å². The van der Waals surface area contributed by atoms with Crippen LogP contribution in [0.1, 0.15) is 29.2 Å². The Bertz CT molecular complexity index is 659. The van der Waals surface area contributed by atoms with Gasteiger partial charge in [-0.25, -0.2) is 4.39 Å². The molecule has 0 saturated carbocycles. The molecule has 2 aromatic carbocycles. The second kappa shape index (κ2) is 6.04. The average Bonchev–Trinajstić information content (AvgIpc) is 2.51. The molecule has 4 heteroatoms. The molecule has 0 saturated heterocycles. The van der Waals surface area contributed by atoms with Crippen LogP contribution in [0.25, 0.3) is 0 Å². The molecule has 1 unspecified atom stereocenters. The Balaban J connectivity index is 2.10. The van der Waals surface area contributed by atoms with Crippen LogP contribution in [-0.4, -0.2) is 13.7 Å². The molecule has 1 atom stereocenters. The summed E-state index contributed by atoms with van der Waals surface area (Å²) in [6.45, 7) is 0.707. The van der Waals surface area contributed by atoms with E-state index in [1.165, 1.54) is 11.6 Å². The number of hydrogen-bond donors (Lipinski definition) is 1. The van der Waals surface area contributed by atoms with Gasteiger partial charge in [-0.1, -0.05) is 29.8 Å². The molecule has 0 bridgehead atoms. The van der Waals surface area contributed by atoms with Crippen molar-refractivity contribution < 1.29 is 9.13 Å². The van der Waals surface area contributed by atoms with Crippen LogP contribution in [0.15, 0.2) is 36.4 Å². The number of rotatable bonds is 3. The van der Waals surface area contributed by atoms with E-state index < -0.39 is 0 Å². The fourth-order valence-corrected chi connectivity index (χ4v) is 3.04. The molecular formula is C17H17ClFNO. The molecule has 0 fully saturated rings. The highest BCUT2D eigenvalue weighted by Crippen LogP contribution is 2.36. The predicted molar refractivity (Wildman–Crippen MR) is 82.6 cm³/mol. The van der Waals surface area contributed by atoms with E-state index in [2.05, 4.69) is 11.4 Å². The van der Waals surface area contributed by atoms with Crippen molar-refractivity contribution in [2.75, 3.05) is 13.7 Å². The zero-order chi connectivity index (χ0) is 14.8. The number of nitrogens with one attached hydrogen (secondary N) is 1. The van der Waals surface area contributed by atoms with Crippen LogP contribution >= 0.6 is 11.6 Å². The average molecular weight is 306 g/mol. The minimum absolute atomic E-state index is 0.271. The van der Waals surface area contributed by atoms with Gasteiger partial charge in [0.1, 0.15) is 11.6 Å². The smallest absolute Gasteiger partial charge is 0.128 e. The molecule has 1 aliphatic heterocycles. The van der Waals surface area contributed by atoms with Crippen LogP contribution in [0.4, 0.5) is 4.39 Å². The molecule has 1 N–H and O–H groups in total. The molecule has 110 valence electrons. The minimum Gasteiger partial charge on any atom is -0.493 e. The van der Waals surface area contributed by atoms with Gasteiger partial charge in [0.15, 0.2) is 0 Å². The third-order valence-corrected chi connectivity index (χ3v) is 4.07. The second-order valence-corrected chi connectivity index (χ2v) is 5.61. The summed E-state index contributed by atoms with van der Waals surface area (Å²) in [5.74, 6) is 0.606. The van der Waals surface area contributed by atoms with Crippen LogP contribution in [0.2, 0.25) is 5.02 Å². The maximum absolute atomic E-state index is 14.2. The molecular weight excluding hydrogens is 289 g/mol. The van der Waals surface area contributed by atoms with Crippen molar-refractivity contribution in [2.45, 2.75) is 18.9 Å². The second-order valence-electron chi connectivity index (χ2n) is 5.18. The molecule has 21 heavy (non-hydrogen) atoms. The molecule has 0 amide bonds. The van der Waals surface area contributed by atoms with Gasteiger partial charge in [-0.05, 0) is 43.7 Å². The third kappa shape index (κ3) is 2.76. The molecule has 2 aromatic rings. The van der Waals surface area contributed by atoms with E-state index in [0.717, 1.165) is 24.2 Å². The maximum Gasteiger partial charge on any atom is 0.128 e. The zero-order valence-corrected chi connectivity index (χ0v) is 12.6. The van der Waals surface area contributed by atoms with Crippen molar-refractivity contribution in [3.05, 3.63) is 63.9 Å². The lowest BCUT2D eigenvalue weighted by Crippen LogP contribution is -2.21. The SMILES string of the molecule is CNC(c1cc(Cl)ccc1F)c1cccc2c1OCCC2. The van der Waals surface area contributed by atoms with Crippen LogP contribution in [0, 0.1) is 5.82 Å². The molecule has 0 spiro atoms. The summed E-state index contributed by atoms with van der Waals surface area (Å²) in [6.07, 6.45) is 2.02. The zero-order valence-electron chi connectivity index (χ0n) is 11.8. The van der Waals surface area contributed by atoms with Crippen LogP contribution < -0.4 is 10.1 Å². The van der Waals surface area contributed by atoms with E-state index in [9.17, 15) is 4.39 Å². The fourth-order valence-electron chi connectivity index (χ4n) is 2.86. The molecule has 0 aromatic heterocycles. The molecule has 0 aliphatic carbocycles. The van der Waals surface area contributed by atoms with Gasteiger partial charge in [-0.3, -0.25) is 0 Å². The number of fused-ring (bicyclic) bond motifs is 1. The molecule has 1 aliphatic rings. The first-order valence-corrected chi connectivity index (χ1v) is 7.45. The Morgan fingerprint density at radius 2 is 2.10 bits per heavy atom. The summed E-state index contributed by atoms with van der Waals surface area (Å²) in [4.78, 5) is 0. The summed E-state index contributed by atoms with van der Waals surface area (Å²) in [5.41, 5.74) is 2.67. The molecule has 0 radical (unpaired) electrons. The third-order valence-electron chi connectivity index (χ3n) is 3.83. The quantitative estimate of drug-likeness (QED) is 0.921. The lowest BCUT2D eigenvalue weighted by Gasteiger charge is -2.25. The van der Waals surface area contributed by atoms with Crippen molar-refractivity contribution >= 4 is 11.6 Å². The van der Waals surface area contributed by atoms with Crippen molar-refractivity contribution in [1.82, 2.24) is 5.32 Å². The van der Waals surface area contributed by atoms with E-state index in [1.807, 2.05) is 19.2 Å². The van der Waals surface area contributed by atoms with Gasteiger partial charge in [0, 0.05) is 16.1 Å². The lowest BCUT2D eigenvalue weighted by molar-refractivity contribution is 0.283. The van der Waals surface area contributed by atoms with Gasteiger partial charge >= 0.3 is 0 Å². The highest BCUT2D eigenvalue weighted by Gasteiger charge is 2.23. The van der Waals surface area contributed by atoms with E-state index in [-0.39, 0.29) is 11.9 Å². The summed E-state index contributed by atoms with van der Waals surface area (Å²) in [6, 6.07) is 10.4. The van der Waals surface area contributed by atoms with E-state index in [1.54, 1.807) is 12.1 Å². The standard InChI is InChI=1S/C17H17ClFNO/c1-20-16(14-10-12(18)7-8-15(14)19)13-6-2-4-11-5-3-9-21-17(11)13/h2,4,6-8,10,16,20H,3,5,9H2,1H3. The van der Waals surface area contributed by atoms with Crippen molar-refractivity contribution in [3.8, 4) is 5.75 Å². The summed E-state index contributed by atoms with van der Waals surface area (Å²) in [5, 5.41) is 3.70. The summed E-state index contributed by atoms with van der Waals surface area (Å²) >= 11 is 6.02. The van der Waals surface area contributed by atoms with Gasteiger partial charge in [-0.2, -0.15) is 0 Å². The van der Waals surface area contributed by atoms with Crippen molar-refractivity contribution in [2.24, 2.45) is 0 Å². The Hall–Kier alpha value is -1.58. The van der Waals surface area contributed by atoms with Crippen molar-refractivity contribution in [3.63, 3.8) is 0 Å². The van der Waals surface area contributed by atoms with Crippen LogP contribution in [0.3, 0.4) is 0 Å². The number of ether oxygens (including phenoxy) is 1. The summed E-state index contributed by atoms with van der Waals surface area (Å²) in [7, 11) is 1.81. The number of aryl methyl sites for hydroxylation is 1. The number of halogens is 2. The van der Waals surface area contributed by atoms with Gasteiger partial charge in [0.05, 0.1) is 12.6 Å². The first-order chi connectivity index (χ1) is 10.2. The normalized spacial score (nSPS) is 15.2. The number of benzene rings is 2. The van der Waals surface area contributed by atoms with Crippen LogP contribution in [0.5, 0.6) is 5.75 Å². The largest absolute Gasteiger partial charge is 0.493 e. The fraction of sp³-hybridized carbons (Fsp3) is 0.294. The Morgan fingerprint density at radius 3 is 2.90 bits per heavy atom.